The standard InChI is InChI=1S/C23H22FN7S/c1-14-26-13-9-19(28-14)30-23-27-12-8-18(29-23)21-20(15-2-4-17(24)5-3-15)31-22(32-21)16-6-10-25-11-7-16/h2-5,8-9,12-13,16,25H,6-7,10-11H2,1H3,(H,26,27,28,29,30). The summed E-state index contributed by atoms with van der Waals surface area (Å²) in [6, 6.07) is 10.1. The Morgan fingerprint density at radius 1 is 0.969 bits per heavy atom. The molecule has 162 valence electrons. The van der Waals surface area contributed by atoms with Crippen molar-refractivity contribution in [2.45, 2.75) is 25.7 Å². The van der Waals surface area contributed by atoms with Gasteiger partial charge in [0.1, 0.15) is 17.5 Å². The first kappa shape index (κ1) is 20.6. The van der Waals surface area contributed by atoms with Gasteiger partial charge < -0.3 is 10.6 Å². The molecule has 0 radical (unpaired) electrons. The van der Waals surface area contributed by atoms with Gasteiger partial charge in [-0.05, 0) is 69.3 Å². The molecule has 2 N–H and O–H groups in total. The van der Waals surface area contributed by atoms with Gasteiger partial charge in [0.25, 0.3) is 0 Å². The van der Waals surface area contributed by atoms with E-state index in [-0.39, 0.29) is 5.82 Å². The van der Waals surface area contributed by atoms with E-state index >= 15 is 0 Å². The molecule has 1 fully saturated rings. The van der Waals surface area contributed by atoms with Gasteiger partial charge in [-0.1, -0.05) is 0 Å². The maximum Gasteiger partial charge on any atom is 0.228 e. The van der Waals surface area contributed by atoms with Crippen LogP contribution in [0.25, 0.3) is 21.8 Å². The lowest BCUT2D eigenvalue weighted by Gasteiger charge is -2.20. The van der Waals surface area contributed by atoms with E-state index in [0.29, 0.717) is 23.5 Å². The van der Waals surface area contributed by atoms with E-state index in [1.165, 1.54) is 12.1 Å². The van der Waals surface area contributed by atoms with Crippen LogP contribution in [0.5, 0.6) is 0 Å². The molecule has 9 heteroatoms. The number of halogens is 1. The van der Waals surface area contributed by atoms with Crippen LogP contribution in [0.2, 0.25) is 0 Å². The number of nitrogens with zero attached hydrogens (tertiary/aromatic N) is 5. The lowest BCUT2D eigenvalue weighted by molar-refractivity contribution is 0.459. The van der Waals surface area contributed by atoms with Crippen molar-refractivity contribution in [1.82, 2.24) is 30.2 Å². The molecule has 1 aromatic carbocycles. The molecular weight excluding hydrogens is 425 g/mol. The zero-order valence-corrected chi connectivity index (χ0v) is 18.4. The van der Waals surface area contributed by atoms with Crippen LogP contribution in [0.4, 0.5) is 16.2 Å². The van der Waals surface area contributed by atoms with Crippen LogP contribution in [0.1, 0.15) is 29.6 Å². The van der Waals surface area contributed by atoms with Gasteiger partial charge >= 0.3 is 0 Å². The molecule has 7 nitrogen and oxygen atoms in total. The van der Waals surface area contributed by atoms with Crippen LogP contribution in [-0.2, 0) is 0 Å². The highest BCUT2D eigenvalue weighted by Crippen LogP contribution is 2.40. The summed E-state index contributed by atoms with van der Waals surface area (Å²) >= 11 is 1.66. The zero-order chi connectivity index (χ0) is 21.9. The van der Waals surface area contributed by atoms with E-state index in [4.69, 9.17) is 9.97 Å². The fourth-order valence-electron chi connectivity index (χ4n) is 3.74. The van der Waals surface area contributed by atoms with Crippen LogP contribution in [0.3, 0.4) is 0 Å². The maximum absolute atomic E-state index is 13.5. The average molecular weight is 448 g/mol. The largest absolute Gasteiger partial charge is 0.317 e. The molecule has 1 aliphatic heterocycles. The number of hydrogen-bond donors (Lipinski definition) is 2. The van der Waals surface area contributed by atoms with Crippen molar-refractivity contribution in [1.29, 1.82) is 0 Å². The summed E-state index contributed by atoms with van der Waals surface area (Å²) in [5.74, 6) is 1.89. The molecule has 1 saturated heterocycles. The van der Waals surface area contributed by atoms with Crippen molar-refractivity contribution in [2.24, 2.45) is 0 Å². The molecule has 0 atom stereocenters. The van der Waals surface area contributed by atoms with Crippen LogP contribution in [0, 0.1) is 12.7 Å². The summed E-state index contributed by atoms with van der Waals surface area (Å²) in [6.07, 6.45) is 5.52. The Hall–Kier alpha value is -3.30. The minimum atomic E-state index is -0.266. The van der Waals surface area contributed by atoms with Gasteiger partial charge in [-0.2, -0.15) is 0 Å². The summed E-state index contributed by atoms with van der Waals surface area (Å²) in [7, 11) is 0. The molecule has 0 unspecified atom stereocenters. The molecule has 4 aromatic rings. The Balaban J connectivity index is 1.54. The van der Waals surface area contributed by atoms with Gasteiger partial charge in [0.15, 0.2) is 0 Å². The van der Waals surface area contributed by atoms with Crippen LogP contribution < -0.4 is 10.6 Å². The summed E-state index contributed by atoms with van der Waals surface area (Å²) in [5.41, 5.74) is 2.47. The van der Waals surface area contributed by atoms with Gasteiger partial charge in [0, 0.05) is 23.9 Å². The zero-order valence-electron chi connectivity index (χ0n) is 17.5. The summed E-state index contributed by atoms with van der Waals surface area (Å²) in [4.78, 5) is 23.5. The first-order valence-corrected chi connectivity index (χ1v) is 11.3. The van der Waals surface area contributed by atoms with Crippen molar-refractivity contribution in [3.05, 3.63) is 65.4 Å². The normalized spacial score (nSPS) is 14.4. The minimum Gasteiger partial charge on any atom is -0.317 e. The molecule has 1 aliphatic rings. The molecule has 3 aromatic heterocycles. The minimum absolute atomic E-state index is 0.266. The Morgan fingerprint density at radius 3 is 2.53 bits per heavy atom. The van der Waals surface area contributed by atoms with Gasteiger partial charge in [-0.25, -0.2) is 29.3 Å². The molecule has 4 heterocycles. The molecule has 0 aliphatic carbocycles. The van der Waals surface area contributed by atoms with E-state index in [1.807, 2.05) is 13.0 Å². The van der Waals surface area contributed by atoms with Gasteiger partial charge in [0.2, 0.25) is 5.95 Å². The molecule has 0 amide bonds. The van der Waals surface area contributed by atoms with Gasteiger partial charge in [-0.15, -0.1) is 11.3 Å². The lowest BCUT2D eigenvalue weighted by atomic mass is 9.99. The Kier molecular flexibility index (Phi) is 5.83. The van der Waals surface area contributed by atoms with Crippen LogP contribution in [0.15, 0.2) is 48.8 Å². The van der Waals surface area contributed by atoms with Crippen molar-refractivity contribution >= 4 is 23.1 Å². The lowest BCUT2D eigenvalue weighted by Crippen LogP contribution is -2.26. The fraction of sp³-hybridized carbons (Fsp3) is 0.261. The fourth-order valence-corrected chi connectivity index (χ4v) is 4.97. The number of nitrogens with one attached hydrogen (secondary N) is 2. The van der Waals surface area contributed by atoms with E-state index in [1.54, 1.807) is 41.9 Å². The number of piperidine rings is 1. The topological polar surface area (TPSA) is 88.5 Å². The maximum atomic E-state index is 13.5. The molecule has 0 saturated carbocycles. The second-order valence-electron chi connectivity index (χ2n) is 7.64. The Labute approximate surface area is 189 Å². The first-order valence-electron chi connectivity index (χ1n) is 10.5. The number of rotatable bonds is 5. The van der Waals surface area contributed by atoms with Crippen molar-refractivity contribution < 1.29 is 4.39 Å². The third-order valence-electron chi connectivity index (χ3n) is 5.35. The second-order valence-corrected chi connectivity index (χ2v) is 8.67. The summed E-state index contributed by atoms with van der Waals surface area (Å²) < 4.78 is 13.5. The highest BCUT2D eigenvalue weighted by Gasteiger charge is 2.23. The molecular formula is C23H22FN7S. The molecule has 0 bridgehead atoms. The van der Waals surface area contributed by atoms with E-state index in [0.717, 1.165) is 52.8 Å². The monoisotopic (exact) mass is 447 g/mol. The van der Waals surface area contributed by atoms with Crippen LogP contribution in [-0.4, -0.2) is 38.0 Å². The molecule has 0 spiro atoms. The number of hydrogen-bond acceptors (Lipinski definition) is 8. The highest BCUT2D eigenvalue weighted by atomic mass is 32.1. The van der Waals surface area contributed by atoms with Gasteiger partial charge in [0.05, 0.1) is 21.3 Å². The smallest absolute Gasteiger partial charge is 0.228 e. The number of aromatic nitrogens is 5. The average Bonchev–Trinajstić information content (AvgIpc) is 3.26. The quantitative estimate of drug-likeness (QED) is 0.458. The summed E-state index contributed by atoms with van der Waals surface area (Å²) in [6.45, 7) is 3.81. The van der Waals surface area contributed by atoms with E-state index in [9.17, 15) is 4.39 Å². The molecule has 5 rings (SSSR count). The summed E-state index contributed by atoms with van der Waals surface area (Å²) in [5, 5.41) is 7.65. The van der Waals surface area contributed by atoms with Crippen LogP contribution >= 0.6 is 11.3 Å². The number of anilines is 2. The predicted molar refractivity (Wildman–Crippen MR) is 123 cm³/mol. The number of benzene rings is 1. The SMILES string of the molecule is Cc1nccc(Nc2nccc(-c3sc(C4CCNCC4)nc3-c3ccc(F)cc3)n2)n1. The third kappa shape index (κ3) is 4.49. The number of thiazole rings is 1. The predicted octanol–water partition coefficient (Wildman–Crippen LogP) is 4.72. The number of aryl methyl sites for hydroxylation is 1. The Bertz CT molecular complexity index is 1220. The van der Waals surface area contributed by atoms with Crippen molar-refractivity contribution in [3.8, 4) is 21.8 Å². The van der Waals surface area contributed by atoms with E-state index < -0.39 is 0 Å². The van der Waals surface area contributed by atoms with Crippen molar-refractivity contribution in [2.75, 3.05) is 18.4 Å². The van der Waals surface area contributed by atoms with Crippen molar-refractivity contribution in [3.63, 3.8) is 0 Å². The Morgan fingerprint density at radius 2 is 1.75 bits per heavy atom. The third-order valence-corrected chi connectivity index (χ3v) is 6.59. The van der Waals surface area contributed by atoms with Gasteiger partial charge in [-0.3, -0.25) is 0 Å². The first-order chi connectivity index (χ1) is 15.7. The van der Waals surface area contributed by atoms with E-state index in [2.05, 4.69) is 25.6 Å². The highest BCUT2D eigenvalue weighted by molar-refractivity contribution is 7.15. The molecule has 32 heavy (non-hydrogen) atoms. The second kappa shape index (κ2) is 9.05.